The number of aryl methyl sites for hydroxylation is 1. The van der Waals surface area contributed by atoms with Crippen molar-refractivity contribution in [3.63, 3.8) is 0 Å². The van der Waals surface area contributed by atoms with Crippen molar-refractivity contribution in [3.8, 4) is 0 Å². The van der Waals surface area contributed by atoms with E-state index in [0.717, 1.165) is 36.9 Å². The van der Waals surface area contributed by atoms with E-state index >= 15 is 0 Å². The zero-order chi connectivity index (χ0) is 10.8. The van der Waals surface area contributed by atoms with Crippen LogP contribution in [0.15, 0.2) is 0 Å². The largest absolute Gasteiger partial charge is 0.481 e. The molecule has 1 atom stereocenters. The van der Waals surface area contributed by atoms with E-state index in [9.17, 15) is 9.90 Å². The van der Waals surface area contributed by atoms with Crippen LogP contribution < -0.4 is 0 Å². The number of nitrogens with one attached hydrogen (secondary N) is 1. The average Bonchev–Trinajstić information content (AvgIpc) is 2.59. The van der Waals surface area contributed by atoms with Gasteiger partial charge in [-0.2, -0.15) is 5.10 Å². The van der Waals surface area contributed by atoms with E-state index in [0.29, 0.717) is 5.69 Å². The summed E-state index contributed by atoms with van der Waals surface area (Å²) in [4.78, 5) is 10.5. The Labute approximate surface area is 87.1 Å². The molecule has 2 rings (SSSR count). The van der Waals surface area contributed by atoms with Crippen molar-refractivity contribution in [2.45, 2.75) is 38.2 Å². The molecular formula is C10H14N2O3. The minimum Gasteiger partial charge on any atom is -0.481 e. The molecule has 0 unspecified atom stereocenters. The normalized spacial score (nSPS) is 17.1. The van der Waals surface area contributed by atoms with Gasteiger partial charge in [-0.1, -0.05) is 0 Å². The van der Waals surface area contributed by atoms with Crippen molar-refractivity contribution in [1.82, 2.24) is 10.2 Å². The summed E-state index contributed by atoms with van der Waals surface area (Å²) < 4.78 is 0. The molecule has 1 aromatic rings. The lowest BCUT2D eigenvalue weighted by molar-refractivity contribution is -0.139. The second kappa shape index (κ2) is 4.02. The summed E-state index contributed by atoms with van der Waals surface area (Å²) >= 11 is 0. The summed E-state index contributed by atoms with van der Waals surface area (Å²) in [5, 5.41) is 25.2. The first-order valence-electron chi connectivity index (χ1n) is 5.14. The Morgan fingerprint density at radius 2 is 2.20 bits per heavy atom. The zero-order valence-corrected chi connectivity index (χ0v) is 8.36. The number of aromatic nitrogens is 2. The molecule has 1 aromatic heterocycles. The van der Waals surface area contributed by atoms with Gasteiger partial charge in [0.05, 0.1) is 12.1 Å². The SMILES string of the molecule is O=C(O)C[C@H](O)c1n[nH]c2c1CCCC2. The number of rotatable bonds is 3. The maximum atomic E-state index is 10.5. The maximum Gasteiger partial charge on any atom is 0.306 e. The number of carbonyl (C=O) groups is 1. The minimum atomic E-state index is -1.00. The molecule has 3 N–H and O–H groups in total. The van der Waals surface area contributed by atoms with Gasteiger partial charge in [0.25, 0.3) is 0 Å². The lowest BCUT2D eigenvalue weighted by atomic mass is 9.94. The molecule has 0 amide bonds. The third kappa shape index (κ3) is 2.02. The second-order valence-corrected chi connectivity index (χ2v) is 3.89. The molecule has 1 aliphatic rings. The van der Waals surface area contributed by atoms with Gasteiger partial charge in [-0.15, -0.1) is 0 Å². The van der Waals surface area contributed by atoms with Crippen LogP contribution in [0.4, 0.5) is 0 Å². The van der Waals surface area contributed by atoms with Crippen molar-refractivity contribution in [3.05, 3.63) is 17.0 Å². The van der Waals surface area contributed by atoms with E-state index in [2.05, 4.69) is 10.2 Å². The molecule has 5 nitrogen and oxygen atoms in total. The monoisotopic (exact) mass is 210 g/mol. The molecule has 1 aliphatic carbocycles. The van der Waals surface area contributed by atoms with Crippen LogP contribution in [0, 0.1) is 0 Å². The first kappa shape index (κ1) is 10.2. The molecule has 0 bridgehead atoms. The molecule has 0 saturated carbocycles. The lowest BCUT2D eigenvalue weighted by Gasteiger charge is -2.13. The Kier molecular flexibility index (Phi) is 2.73. The second-order valence-electron chi connectivity index (χ2n) is 3.89. The summed E-state index contributed by atoms with van der Waals surface area (Å²) in [5.74, 6) is -1.00. The third-order valence-electron chi connectivity index (χ3n) is 2.77. The summed E-state index contributed by atoms with van der Waals surface area (Å²) in [6.45, 7) is 0. The zero-order valence-electron chi connectivity index (χ0n) is 8.36. The van der Waals surface area contributed by atoms with Gasteiger partial charge in [0.15, 0.2) is 0 Å². The fourth-order valence-electron chi connectivity index (χ4n) is 2.04. The molecule has 0 fully saturated rings. The van der Waals surface area contributed by atoms with Crippen LogP contribution in [-0.2, 0) is 17.6 Å². The number of H-pyrrole nitrogens is 1. The molecule has 82 valence electrons. The predicted molar refractivity (Wildman–Crippen MR) is 52.4 cm³/mol. The Balaban J connectivity index is 2.20. The number of aliphatic hydroxyl groups excluding tert-OH is 1. The summed E-state index contributed by atoms with van der Waals surface area (Å²) in [5.41, 5.74) is 2.60. The van der Waals surface area contributed by atoms with Crippen molar-refractivity contribution in [1.29, 1.82) is 0 Å². The van der Waals surface area contributed by atoms with E-state index < -0.39 is 12.1 Å². The van der Waals surface area contributed by atoms with Crippen LogP contribution in [0.3, 0.4) is 0 Å². The van der Waals surface area contributed by atoms with Crippen molar-refractivity contribution in [2.24, 2.45) is 0 Å². The highest BCUT2D eigenvalue weighted by molar-refractivity contribution is 5.67. The summed E-state index contributed by atoms with van der Waals surface area (Å²) in [6.07, 6.45) is 2.78. The minimum absolute atomic E-state index is 0.280. The summed E-state index contributed by atoms with van der Waals surface area (Å²) in [7, 11) is 0. The third-order valence-corrected chi connectivity index (χ3v) is 2.77. The van der Waals surface area contributed by atoms with Crippen molar-refractivity contribution >= 4 is 5.97 Å². The van der Waals surface area contributed by atoms with Crippen molar-refractivity contribution in [2.75, 3.05) is 0 Å². The first-order chi connectivity index (χ1) is 7.18. The predicted octanol–water partition coefficient (Wildman–Crippen LogP) is 0.797. The maximum absolute atomic E-state index is 10.5. The summed E-state index contributed by atoms with van der Waals surface area (Å²) in [6, 6.07) is 0. The molecule has 0 saturated heterocycles. The fourth-order valence-corrected chi connectivity index (χ4v) is 2.04. The number of hydrogen-bond donors (Lipinski definition) is 3. The van der Waals surface area contributed by atoms with Crippen LogP contribution >= 0.6 is 0 Å². The Morgan fingerprint density at radius 1 is 1.47 bits per heavy atom. The number of aromatic amines is 1. The van der Waals surface area contributed by atoms with Gasteiger partial charge in [0.2, 0.25) is 0 Å². The Hall–Kier alpha value is -1.36. The number of aliphatic hydroxyl groups is 1. The molecular weight excluding hydrogens is 196 g/mol. The number of aliphatic carboxylic acids is 1. The quantitative estimate of drug-likeness (QED) is 0.688. The number of nitrogens with zero attached hydrogens (tertiary/aromatic N) is 1. The van der Waals surface area contributed by atoms with E-state index in [1.54, 1.807) is 0 Å². The van der Waals surface area contributed by atoms with Gasteiger partial charge >= 0.3 is 5.97 Å². The van der Waals surface area contributed by atoms with E-state index in [1.807, 2.05) is 0 Å². The van der Waals surface area contributed by atoms with Gasteiger partial charge in [-0.05, 0) is 31.2 Å². The fraction of sp³-hybridized carbons (Fsp3) is 0.600. The smallest absolute Gasteiger partial charge is 0.306 e. The number of hydrogen-bond acceptors (Lipinski definition) is 3. The lowest BCUT2D eigenvalue weighted by Crippen LogP contribution is -2.09. The highest BCUT2D eigenvalue weighted by Crippen LogP contribution is 2.27. The van der Waals surface area contributed by atoms with Gasteiger partial charge in [0.1, 0.15) is 6.10 Å². The van der Waals surface area contributed by atoms with Crippen LogP contribution in [-0.4, -0.2) is 26.4 Å². The van der Waals surface area contributed by atoms with E-state index in [1.165, 1.54) is 0 Å². The van der Waals surface area contributed by atoms with Gasteiger partial charge in [-0.3, -0.25) is 9.89 Å². The van der Waals surface area contributed by atoms with Crippen LogP contribution in [0.25, 0.3) is 0 Å². The molecule has 0 spiro atoms. The molecule has 1 heterocycles. The number of carboxylic acids is 1. The number of carboxylic acid groups (broad SMARTS) is 1. The molecule has 15 heavy (non-hydrogen) atoms. The highest BCUT2D eigenvalue weighted by Gasteiger charge is 2.23. The molecule has 5 heteroatoms. The van der Waals surface area contributed by atoms with Crippen molar-refractivity contribution < 1.29 is 15.0 Å². The van der Waals surface area contributed by atoms with Gasteiger partial charge in [0, 0.05) is 5.69 Å². The van der Waals surface area contributed by atoms with Crippen LogP contribution in [0.5, 0.6) is 0 Å². The topological polar surface area (TPSA) is 86.2 Å². The van der Waals surface area contributed by atoms with E-state index in [-0.39, 0.29) is 6.42 Å². The molecule has 0 radical (unpaired) electrons. The Morgan fingerprint density at radius 3 is 2.93 bits per heavy atom. The van der Waals surface area contributed by atoms with Gasteiger partial charge in [-0.25, -0.2) is 0 Å². The number of fused-ring (bicyclic) bond motifs is 1. The van der Waals surface area contributed by atoms with E-state index in [4.69, 9.17) is 5.11 Å². The standard InChI is InChI=1S/C10H14N2O3/c13-8(5-9(14)15)10-6-3-1-2-4-7(6)11-12-10/h8,13H,1-5H2,(H,11,12)(H,14,15)/t8-/m0/s1. The van der Waals surface area contributed by atoms with Crippen LogP contribution in [0.2, 0.25) is 0 Å². The first-order valence-corrected chi connectivity index (χ1v) is 5.14. The van der Waals surface area contributed by atoms with Crippen LogP contribution in [0.1, 0.15) is 42.3 Å². The van der Waals surface area contributed by atoms with Gasteiger partial charge < -0.3 is 10.2 Å². The highest BCUT2D eigenvalue weighted by atomic mass is 16.4. The average molecular weight is 210 g/mol. The Bertz CT molecular complexity index is 373. The molecule has 0 aromatic carbocycles. The molecule has 0 aliphatic heterocycles.